The molecule has 0 radical (unpaired) electrons. The van der Waals surface area contributed by atoms with E-state index in [1.807, 2.05) is 0 Å². The Morgan fingerprint density at radius 1 is 1.29 bits per heavy atom. The van der Waals surface area contributed by atoms with Gasteiger partial charge in [0, 0.05) is 32.3 Å². The van der Waals surface area contributed by atoms with Gasteiger partial charge in [0.2, 0.25) is 5.43 Å². The van der Waals surface area contributed by atoms with Crippen molar-refractivity contribution in [1.29, 1.82) is 0 Å². The van der Waals surface area contributed by atoms with E-state index in [1.165, 1.54) is 13.0 Å². The molecule has 2 aromatic rings. The summed E-state index contributed by atoms with van der Waals surface area (Å²) in [5.74, 6) is 0. The molecule has 1 heterocycles. The van der Waals surface area contributed by atoms with Crippen LogP contribution in [0.3, 0.4) is 0 Å². The normalized spacial score (nSPS) is 11.9. The number of H-pyrrole nitrogens is 1. The van der Waals surface area contributed by atoms with Crippen LogP contribution in [-0.4, -0.2) is 13.4 Å². The molecular formula is C10H7Cl2NO3S. The quantitative estimate of drug-likeness (QED) is 0.821. The lowest BCUT2D eigenvalue weighted by atomic mass is 10.2. The molecule has 0 unspecified atom stereocenters. The fraction of sp³-hybridized carbons (Fsp3) is 0.100. The van der Waals surface area contributed by atoms with E-state index in [2.05, 4.69) is 4.98 Å². The Kier molecular flexibility index (Phi) is 2.93. The van der Waals surface area contributed by atoms with Crippen molar-refractivity contribution in [3.05, 3.63) is 39.1 Å². The van der Waals surface area contributed by atoms with E-state index < -0.39 is 19.4 Å². The van der Waals surface area contributed by atoms with Crippen molar-refractivity contribution < 1.29 is 8.42 Å². The van der Waals surface area contributed by atoms with Gasteiger partial charge in [-0.15, -0.1) is 0 Å². The molecule has 7 heteroatoms. The molecule has 0 aliphatic rings. The molecule has 0 aliphatic heterocycles. The molecule has 90 valence electrons. The van der Waals surface area contributed by atoms with E-state index in [0.717, 1.165) is 0 Å². The molecule has 0 fully saturated rings. The number of aromatic nitrogens is 1. The van der Waals surface area contributed by atoms with E-state index in [9.17, 15) is 13.2 Å². The summed E-state index contributed by atoms with van der Waals surface area (Å²) in [4.78, 5) is 14.4. The van der Waals surface area contributed by atoms with Crippen LogP contribution in [0.2, 0.25) is 5.02 Å². The van der Waals surface area contributed by atoms with Gasteiger partial charge in [0.1, 0.15) is 4.90 Å². The Labute approximate surface area is 107 Å². The summed E-state index contributed by atoms with van der Waals surface area (Å²) < 4.78 is 22.6. The highest BCUT2D eigenvalue weighted by Crippen LogP contribution is 2.20. The second-order valence-electron chi connectivity index (χ2n) is 3.54. The number of aromatic amines is 1. The Balaban J connectivity index is 3.04. The summed E-state index contributed by atoms with van der Waals surface area (Å²) >= 11 is 5.76. The number of benzene rings is 1. The maximum absolute atomic E-state index is 12.0. The van der Waals surface area contributed by atoms with Gasteiger partial charge in [-0.2, -0.15) is 0 Å². The molecule has 1 N–H and O–H groups in total. The highest BCUT2D eigenvalue weighted by molar-refractivity contribution is 8.13. The Hall–Kier alpha value is -1.04. The molecule has 0 atom stereocenters. The standard InChI is InChI=1S/C10H7Cl2NO3S/c1-5-10(17(12,15)16)9(14)7-4-6(11)2-3-8(7)13-5/h2-4H,1H3,(H,13,14). The van der Waals surface area contributed by atoms with Gasteiger partial charge >= 0.3 is 0 Å². The lowest BCUT2D eigenvalue weighted by Gasteiger charge is -2.05. The number of hydrogen-bond donors (Lipinski definition) is 1. The van der Waals surface area contributed by atoms with Crippen LogP contribution in [0.25, 0.3) is 10.9 Å². The average molecular weight is 292 g/mol. The van der Waals surface area contributed by atoms with Gasteiger partial charge in [-0.05, 0) is 25.1 Å². The first-order chi connectivity index (χ1) is 7.80. The van der Waals surface area contributed by atoms with Crippen molar-refractivity contribution in [3.63, 3.8) is 0 Å². The molecule has 0 saturated carbocycles. The van der Waals surface area contributed by atoms with E-state index in [0.29, 0.717) is 10.5 Å². The SMILES string of the molecule is Cc1[nH]c2ccc(Cl)cc2c(=O)c1S(=O)(=O)Cl. The van der Waals surface area contributed by atoms with E-state index in [1.54, 1.807) is 12.1 Å². The maximum atomic E-state index is 12.0. The second-order valence-corrected chi connectivity index (χ2v) is 6.48. The van der Waals surface area contributed by atoms with Crippen molar-refractivity contribution in [1.82, 2.24) is 4.98 Å². The van der Waals surface area contributed by atoms with Crippen molar-refractivity contribution in [3.8, 4) is 0 Å². The third-order valence-electron chi connectivity index (χ3n) is 2.34. The van der Waals surface area contributed by atoms with Crippen molar-refractivity contribution in [2.45, 2.75) is 11.8 Å². The topological polar surface area (TPSA) is 67.0 Å². The smallest absolute Gasteiger partial charge is 0.266 e. The summed E-state index contributed by atoms with van der Waals surface area (Å²) in [5.41, 5.74) is 0.0783. The minimum absolute atomic E-state index is 0.197. The van der Waals surface area contributed by atoms with Crippen molar-refractivity contribution in [2.24, 2.45) is 0 Å². The second kappa shape index (κ2) is 4.01. The van der Waals surface area contributed by atoms with Crippen LogP contribution in [0.5, 0.6) is 0 Å². The van der Waals surface area contributed by atoms with Gasteiger partial charge in [0.15, 0.2) is 0 Å². The van der Waals surface area contributed by atoms with Crippen LogP contribution < -0.4 is 5.43 Å². The first-order valence-corrected chi connectivity index (χ1v) is 7.26. The summed E-state index contributed by atoms with van der Waals surface area (Å²) in [6.45, 7) is 1.48. The molecule has 17 heavy (non-hydrogen) atoms. The van der Waals surface area contributed by atoms with E-state index in [-0.39, 0.29) is 11.1 Å². The lowest BCUT2D eigenvalue weighted by Crippen LogP contribution is -2.15. The number of aryl methyl sites for hydroxylation is 1. The summed E-state index contributed by atoms with van der Waals surface area (Å²) in [6, 6.07) is 4.62. The van der Waals surface area contributed by atoms with Gasteiger partial charge in [0.25, 0.3) is 9.05 Å². The number of nitrogens with one attached hydrogen (secondary N) is 1. The first kappa shape index (κ1) is 12.4. The zero-order chi connectivity index (χ0) is 12.8. The van der Waals surface area contributed by atoms with Gasteiger partial charge in [-0.1, -0.05) is 11.6 Å². The van der Waals surface area contributed by atoms with Crippen LogP contribution in [-0.2, 0) is 9.05 Å². The maximum Gasteiger partial charge on any atom is 0.266 e. The fourth-order valence-electron chi connectivity index (χ4n) is 1.66. The molecule has 0 aliphatic carbocycles. The first-order valence-electron chi connectivity index (χ1n) is 4.57. The van der Waals surface area contributed by atoms with Crippen LogP contribution in [0.15, 0.2) is 27.9 Å². The molecule has 1 aromatic heterocycles. The van der Waals surface area contributed by atoms with Gasteiger partial charge < -0.3 is 4.98 Å². The predicted octanol–water partition coefficient (Wildman–Crippen LogP) is 2.42. The number of hydrogen-bond acceptors (Lipinski definition) is 3. The molecule has 2 rings (SSSR count). The van der Waals surface area contributed by atoms with Crippen LogP contribution in [0, 0.1) is 6.92 Å². The van der Waals surface area contributed by atoms with E-state index >= 15 is 0 Å². The van der Waals surface area contributed by atoms with Crippen LogP contribution in [0.4, 0.5) is 0 Å². The minimum Gasteiger partial charge on any atom is -0.357 e. The highest BCUT2D eigenvalue weighted by atomic mass is 35.7. The van der Waals surface area contributed by atoms with Crippen molar-refractivity contribution >= 4 is 42.2 Å². The average Bonchev–Trinajstić information content (AvgIpc) is 2.17. The summed E-state index contributed by atoms with van der Waals surface area (Å²) in [7, 11) is 1.15. The molecule has 0 saturated heterocycles. The third-order valence-corrected chi connectivity index (χ3v) is 4.02. The summed E-state index contributed by atoms with van der Waals surface area (Å²) in [5, 5.41) is 0.548. The Bertz CT molecular complexity index is 765. The van der Waals surface area contributed by atoms with Crippen molar-refractivity contribution in [2.75, 3.05) is 0 Å². The monoisotopic (exact) mass is 291 g/mol. The Morgan fingerprint density at radius 2 is 1.94 bits per heavy atom. The zero-order valence-electron chi connectivity index (χ0n) is 8.62. The fourth-order valence-corrected chi connectivity index (χ4v) is 3.14. The molecule has 0 bridgehead atoms. The van der Waals surface area contributed by atoms with Crippen LogP contribution in [0.1, 0.15) is 5.69 Å². The van der Waals surface area contributed by atoms with Gasteiger partial charge in [-0.25, -0.2) is 8.42 Å². The number of halogens is 2. The molecular weight excluding hydrogens is 285 g/mol. The zero-order valence-corrected chi connectivity index (χ0v) is 10.9. The summed E-state index contributed by atoms with van der Waals surface area (Å²) in [6.07, 6.45) is 0. The van der Waals surface area contributed by atoms with Crippen LogP contribution >= 0.6 is 22.3 Å². The highest BCUT2D eigenvalue weighted by Gasteiger charge is 2.20. The number of rotatable bonds is 1. The van der Waals surface area contributed by atoms with E-state index in [4.69, 9.17) is 22.3 Å². The number of pyridine rings is 1. The molecule has 1 aromatic carbocycles. The Morgan fingerprint density at radius 3 is 2.53 bits per heavy atom. The predicted molar refractivity (Wildman–Crippen MR) is 67.4 cm³/mol. The third kappa shape index (κ3) is 2.18. The van der Waals surface area contributed by atoms with Gasteiger partial charge in [0.05, 0.1) is 0 Å². The lowest BCUT2D eigenvalue weighted by molar-refractivity contribution is 0.608. The number of fused-ring (bicyclic) bond motifs is 1. The minimum atomic E-state index is -4.08. The van der Waals surface area contributed by atoms with Gasteiger partial charge in [-0.3, -0.25) is 4.79 Å². The molecule has 0 spiro atoms. The largest absolute Gasteiger partial charge is 0.357 e. The molecule has 4 nitrogen and oxygen atoms in total. The molecule has 0 amide bonds.